The molecule has 1 saturated heterocycles. The zero-order valence-corrected chi connectivity index (χ0v) is 17.0. The number of ether oxygens (including phenoxy) is 1. The van der Waals surface area contributed by atoms with E-state index in [9.17, 15) is 14.9 Å². The molecule has 1 unspecified atom stereocenters. The molecule has 0 saturated carbocycles. The van der Waals surface area contributed by atoms with Crippen molar-refractivity contribution in [1.29, 1.82) is 5.26 Å². The van der Waals surface area contributed by atoms with E-state index in [2.05, 4.69) is 5.32 Å². The number of amides is 2. The van der Waals surface area contributed by atoms with Gasteiger partial charge in [-0.1, -0.05) is 18.7 Å². The third-order valence-corrected chi connectivity index (χ3v) is 5.71. The lowest BCUT2D eigenvalue weighted by atomic mass is 10.2. The summed E-state index contributed by atoms with van der Waals surface area (Å²) in [5, 5.41) is 12.3. The number of benzene rings is 1. The van der Waals surface area contributed by atoms with E-state index in [1.807, 2.05) is 19.9 Å². The summed E-state index contributed by atoms with van der Waals surface area (Å²) < 4.78 is 10.6. The molecule has 0 aliphatic carbocycles. The van der Waals surface area contributed by atoms with Gasteiger partial charge < -0.3 is 14.5 Å². The average molecular weight is 411 g/mol. The third kappa shape index (κ3) is 4.46. The molecule has 29 heavy (non-hydrogen) atoms. The Hall–Kier alpha value is -3.18. The van der Waals surface area contributed by atoms with Crippen LogP contribution in [0, 0.1) is 11.3 Å². The first-order valence-electron chi connectivity index (χ1n) is 9.27. The smallest absolute Gasteiger partial charge is 0.265 e. The van der Waals surface area contributed by atoms with Crippen LogP contribution in [-0.2, 0) is 16.1 Å². The minimum atomic E-state index is -0.549. The second-order valence-corrected chi connectivity index (χ2v) is 7.36. The number of nitrogens with zero attached hydrogens (tertiary/aromatic N) is 2. The lowest BCUT2D eigenvalue weighted by molar-refractivity contribution is -0.117. The van der Waals surface area contributed by atoms with Gasteiger partial charge in [-0.15, -0.1) is 0 Å². The molecule has 1 N–H and O–H groups in total. The molecule has 0 bridgehead atoms. The summed E-state index contributed by atoms with van der Waals surface area (Å²) in [6.45, 7) is 4.48. The van der Waals surface area contributed by atoms with Gasteiger partial charge in [0.1, 0.15) is 28.2 Å². The molecular formula is C21H21N3O4S. The SMILES string of the molecule is CCOc1ccc(N2C(=O)C(CC)S/C2=C(/C#N)C(=O)NCc2ccco2)cc1. The van der Waals surface area contributed by atoms with E-state index < -0.39 is 5.91 Å². The highest BCUT2D eigenvalue weighted by molar-refractivity contribution is 8.05. The van der Waals surface area contributed by atoms with Gasteiger partial charge in [0.05, 0.1) is 24.7 Å². The summed E-state index contributed by atoms with van der Waals surface area (Å²) in [6.07, 6.45) is 2.10. The summed E-state index contributed by atoms with van der Waals surface area (Å²) in [6, 6.07) is 12.4. The molecule has 0 radical (unpaired) electrons. The van der Waals surface area contributed by atoms with Gasteiger partial charge in [0.2, 0.25) is 5.91 Å². The Morgan fingerprint density at radius 3 is 2.66 bits per heavy atom. The molecule has 3 rings (SSSR count). The Morgan fingerprint density at radius 1 is 1.31 bits per heavy atom. The molecule has 2 aromatic rings. The monoisotopic (exact) mass is 411 g/mol. The third-order valence-electron chi connectivity index (χ3n) is 4.29. The van der Waals surface area contributed by atoms with Gasteiger partial charge in [-0.25, -0.2) is 0 Å². The minimum absolute atomic E-state index is 0.0975. The number of carbonyl (C=O) groups excluding carboxylic acids is 2. The second-order valence-electron chi connectivity index (χ2n) is 6.17. The fourth-order valence-corrected chi connectivity index (χ4v) is 4.08. The Balaban J connectivity index is 1.92. The zero-order valence-electron chi connectivity index (χ0n) is 16.2. The fraction of sp³-hybridized carbons (Fsp3) is 0.286. The first kappa shape index (κ1) is 20.6. The van der Waals surface area contributed by atoms with Crippen LogP contribution in [0.3, 0.4) is 0 Å². The van der Waals surface area contributed by atoms with Crippen LogP contribution < -0.4 is 15.0 Å². The Labute approximate surface area is 173 Å². The van der Waals surface area contributed by atoms with Crippen molar-refractivity contribution in [2.24, 2.45) is 0 Å². The summed E-state index contributed by atoms with van der Waals surface area (Å²) in [4.78, 5) is 27.0. The molecule has 150 valence electrons. The maximum atomic E-state index is 12.9. The number of hydrogen-bond donors (Lipinski definition) is 1. The fourth-order valence-electron chi connectivity index (χ4n) is 2.88. The van der Waals surface area contributed by atoms with E-state index in [-0.39, 0.29) is 23.3 Å². The Bertz CT molecular complexity index is 945. The van der Waals surface area contributed by atoms with Crippen molar-refractivity contribution in [3.05, 3.63) is 59.0 Å². The van der Waals surface area contributed by atoms with Crippen LogP contribution in [0.2, 0.25) is 0 Å². The topological polar surface area (TPSA) is 95.6 Å². The Morgan fingerprint density at radius 2 is 2.07 bits per heavy atom. The number of hydrogen-bond acceptors (Lipinski definition) is 6. The number of carbonyl (C=O) groups is 2. The van der Waals surface area contributed by atoms with Crippen molar-refractivity contribution in [3.8, 4) is 11.8 Å². The molecule has 1 aromatic heterocycles. The van der Waals surface area contributed by atoms with Gasteiger partial charge in [0.15, 0.2) is 0 Å². The predicted octanol–water partition coefficient (Wildman–Crippen LogP) is 3.59. The van der Waals surface area contributed by atoms with Crippen LogP contribution in [-0.4, -0.2) is 23.7 Å². The molecule has 2 amide bonds. The lowest BCUT2D eigenvalue weighted by Crippen LogP contribution is -2.31. The van der Waals surface area contributed by atoms with Crippen molar-refractivity contribution in [2.45, 2.75) is 32.1 Å². The highest BCUT2D eigenvalue weighted by Gasteiger charge is 2.39. The van der Waals surface area contributed by atoms with Crippen molar-refractivity contribution in [2.75, 3.05) is 11.5 Å². The standard InChI is InChI=1S/C21H21N3O4S/c1-3-18-20(26)24(14-7-9-15(10-8-14)27-4-2)21(29-18)17(12-22)19(25)23-13-16-6-5-11-28-16/h5-11,18H,3-4,13H2,1-2H3,(H,23,25)/b21-17-. The van der Waals surface area contributed by atoms with E-state index in [4.69, 9.17) is 9.15 Å². The minimum Gasteiger partial charge on any atom is -0.494 e. The predicted molar refractivity (Wildman–Crippen MR) is 110 cm³/mol. The van der Waals surface area contributed by atoms with Crippen LogP contribution in [0.1, 0.15) is 26.0 Å². The summed E-state index contributed by atoms with van der Waals surface area (Å²) in [7, 11) is 0. The van der Waals surface area contributed by atoms with Gasteiger partial charge >= 0.3 is 0 Å². The van der Waals surface area contributed by atoms with Gasteiger partial charge in [0, 0.05) is 5.69 Å². The molecule has 1 atom stereocenters. The summed E-state index contributed by atoms with van der Waals surface area (Å²) in [5.74, 6) is 0.561. The number of thioether (sulfide) groups is 1. The molecule has 1 fully saturated rings. The number of nitrogens with one attached hydrogen (secondary N) is 1. The Kier molecular flexibility index (Phi) is 6.62. The first-order valence-corrected chi connectivity index (χ1v) is 10.1. The van der Waals surface area contributed by atoms with Crippen molar-refractivity contribution >= 4 is 29.3 Å². The van der Waals surface area contributed by atoms with E-state index in [0.29, 0.717) is 35.3 Å². The van der Waals surface area contributed by atoms with Crippen molar-refractivity contribution in [1.82, 2.24) is 5.32 Å². The summed E-state index contributed by atoms with van der Waals surface area (Å²) >= 11 is 1.24. The highest BCUT2D eigenvalue weighted by Crippen LogP contribution is 2.42. The molecule has 1 aliphatic heterocycles. The van der Waals surface area contributed by atoms with Crippen LogP contribution in [0.5, 0.6) is 5.75 Å². The molecule has 1 aliphatic rings. The van der Waals surface area contributed by atoms with Gasteiger partial charge in [-0.3, -0.25) is 14.5 Å². The quantitative estimate of drug-likeness (QED) is 0.553. The van der Waals surface area contributed by atoms with Gasteiger partial charge in [-0.05, 0) is 49.7 Å². The number of furan rings is 1. The second kappa shape index (κ2) is 9.34. The maximum absolute atomic E-state index is 12.9. The van der Waals surface area contributed by atoms with Crippen LogP contribution in [0.15, 0.2) is 57.7 Å². The van der Waals surface area contributed by atoms with E-state index in [1.54, 1.807) is 36.4 Å². The normalized spacial score (nSPS) is 17.8. The number of anilines is 1. The molecule has 0 spiro atoms. The number of rotatable bonds is 7. The van der Waals surface area contributed by atoms with Crippen LogP contribution in [0.4, 0.5) is 5.69 Å². The van der Waals surface area contributed by atoms with Crippen molar-refractivity contribution in [3.63, 3.8) is 0 Å². The van der Waals surface area contributed by atoms with E-state index >= 15 is 0 Å². The zero-order chi connectivity index (χ0) is 20.8. The first-order chi connectivity index (χ1) is 14.1. The highest BCUT2D eigenvalue weighted by atomic mass is 32.2. The van der Waals surface area contributed by atoms with Gasteiger partial charge in [-0.2, -0.15) is 5.26 Å². The average Bonchev–Trinajstić information content (AvgIpc) is 3.36. The van der Waals surface area contributed by atoms with Gasteiger partial charge in [0.25, 0.3) is 5.91 Å². The van der Waals surface area contributed by atoms with Crippen LogP contribution >= 0.6 is 11.8 Å². The molecule has 7 nitrogen and oxygen atoms in total. The van der Waals surface area contributed by atoms with E-state index in [0.717, 1.165) is 0 Å². The lowest BCUT2D eigenvalue weighted by Gasteiger charge is -2.19. The molecule has 1 aromatic carbocycles. The van der Waals surface area contributed by atoms with E-state index in [1.165, 1.54) is 22.9 Å². The number of nitriles is 1. The molecular weight excluding hydrogens is 390 g/mol. The van der Waals surface area contributed by atoms with Crippen molar-refractivity contribution < 1.29 is 18.7 Å². The maximum Gasteiger partial charge on any atom is 0.265 e. The largest absolute Gasteiger partial charge is 0.494 e. The molecule has 2 heterocycles. The van der Waals surface area contributed by atoms with Crippen LogP contribution in [0.25, 0.3) is 0 Å². The molecule has 8 heteroatoms. The summed E-state index contributed by atoms with van der Waals surface area (Å²) in [5.41, 5.74) is 0.489.